The molecule has 0 bridgehead atoms. The minimum atomic E-state index is -3.19. The topological polar surface area (TPSA) is 49.3 Å². The fraction of sp³-hybridized carbons (Fsp3) is 0.571. The zero-order valence-corrected chi connectivity index (χ0v) is 12.8. The van der Waals surface area contributed by atoms with E-state index in [1.54, 1.807) is 0 Å². The highest BCUT2D eigenvalue weighted by atomic mass is 32.2. The maximum atomic E-state index is 13.4. The van der Waals surface area contributed by atoms with Crippen LogP contribution in [-0.4, -0.2) is 32.5 Å². The molecule has 0 spiro atoms. The van der Waals surface area contributed by atoms with Crippen molar-refractivity contribution in [2.24, 2.45) is 0 Å². The summed E-state index contributed by atoms with van der Waals surface area (Å²) in [6, 6.07) is 7.91. The molecule has 0 fully saturated rings. The number of alkyl halides is 2. The molecule has 114 valence electrons. The molecule has 0 aliphatic carbocycles. The Morgan fingerprint density at radius 2 is 1.80 bits per heavy atom. The molecular weight excluding hydrogens is 284 g/mol. The van der Waals surface area contributed by atoms with Gasteiger partial charge in [0.2, 0.25) is 0 Å². The average molecular weight is 305 g/mol. The molecule has 3 nitrogen and oxygen atoms in total. The van der Waals surface area contributed by atoms with E-state index in [4.69, 9.17) is 4.55 Å². The summed E-state index contributed by atoms with van der Waals surface area (Å²) < 4.78 is 45.8. The third-order valence-corrected chi connectivity index (χ3v) is 3.60. The lowest BCUT2D eigenvalue weighted by Crippen LogP contribution is -2.48. The van der Waals surface area contributed by atoms with Crippen molar-refractivity contribution in [2.45, 2.75) is 38.7 Å². The fourth-order valence-electron chi connectivity index (χ4n) is 1.88. The normalized spacial score (nSPS) is 14.3. The molecule has 20 heavy (non-hydrogen) atoms. The molecule has 1 aromatic carbocycles. The lowest BCUT2D eigenvalue weighted by Gasteiger charge is -2.29. The van der Waals surface area contributed by atoms with E-state index in [0.29, 0.717) is 6.42 Å². The monoisotopic (exact) mass is 305 g/mol. The molecule has 0 aliphatic rings. The molecule has 6 heteroatoms. The third-order valence-electron chi connectivity index (χ3n) is 2.93. The van der Waals surface area contributed by atoms with Gasteiger partial charge in [-0.25, -0.2) is 13.0 Å². The summed E-state index contributed by atoms with van der Waals surface area (Å²) in [6.45, 7) is 5.04. The van der Waals surface area contributed by atoms with E-state index in [0.717, 1.165) is 11.1 Å². The Kier molecular flexibility index (Phi) is 5.79. The van der Waals surface area contributed by atoms with Crippen LogP contribution >= 0.6 is 0 Å². The molecule has 1 rings (SSSR count). The largest absolute Gasteiger partial charge is 0.306 e. The van der Waals surface area contributed by atoms with Gasteiger partial charge in [-0.05, 0) is 32.8 Å². The van der Waals surface area contributed by atoms with Gasteiger partial charge in [0, 0.05) is 5.54 Å². The molecule has 1 unspecified atom stereocenters. The van der Waals surface area contributed by atoms with Gasteiger partial charge >= 0.3 is 0 Å². The Morgan fingerprint density at radius 1 is 1.25 bits per heavy atom. The molecule has 0 aliphatic heterocycles. The van der Waals surface area contributed by atoms with E-state index in [-0.39, 0.29) is 0 Å². The van der Waals surface area contributed by atoms with Crippen molar-refractivity contribution in [1.29, 1.82) is 0 Å². The molecule has 2 N–H and O–H groups in total. The van der Waals surface area contributed by atoms with Crippen LogP contribution in [0.3, 0.4) is 0 Å². The molecule has 0 saturated carbocycles. The number of hydrogen-bond acceptors (Lipinski definition) is 2. The maximum absolute atomic E-state index is 13.4. The quantitative estimate of drug-likeness (QED) is 0.762. The van der Waals surface area contributed by atoms with E-state index in [9.17, 15) is 13.0 Å². The van der Waals surface area contributed by atoms with Crippen LogP contribution < -0.4 is 5.32 Å². The summed E-state index contributed by atoms with van der Waals surface area (Å²) in [7, 11) is 0. The van der Waals surface area contributed by atoms with Crippen molar-refractivity contribution in [3.05, 3.63) is 35.4 Å². The standard InChI is InChI=1S/C14H21F2NO2S/c1-11-4-6-12(7-5-11)8-13(2,3)17-9-14(15,16)10-20(18)19/h4-7,17H,8-10H2,1-3H3,(H,18,19). The van der Waals surface area contributed by atoms with Crippen LogP contribution in [0.15, 0.2) is 24.3 Å². The van der Waals surface area contributed by atoms with Crippen LogP contribution in [0.4, 0.5) is 8.78 Å². The van der Waals surface area contributed by atoms with E-state index >= 15 is 0 Å². The van der Waals surface area contributed by atoms with Gasteiger partial charge in [0.05, 0.1) is 6.54 Å². The number of aryl methyl sites for hydroxylation is 1. The first-order valence-corrected chi connectivity index (χ1v) is 7.63. The van der Waals surface area contributed by atoms with Gasteiger partial charge in [-0.1, -0.05) is 29.8 Å². The van der Waals surface area contributed by atoms with Gasteiger partial charge < -0.3 is 9.87 Å². The zero-order valence-electron chi connectivity index (χ0n) is 12.0. The highest BCUT2D eigenvalue weighted by Crippen LogP contribution is 2.18. The summed E-state index contributed by atoms with van der Waals surface area (Å²) in [5, 5.41) is 2.77. The Labute approximate surface area is 121 Å². The Morgan fingerprint density at radius 3 is 2.30 bits per heavy atom. The maximum Gasteiger partial charge on any atom is 0.273 e. The van der Waals surface area contributed by atoms with Gasteiger partial charge in [0.1, 0.15) is 5.75 Å². The fourth-order valence-corrected chi connectivity index (χ4v) is 2.34. The van der Waals surface area contributed by atoms with Crippen LogP contribution in [0.25, 0.3) is 0 Å². The minimum absolute atomic E-state index is 0.518. The van der Waals surface area contributed by atoms with Crippen LogP contribution in [-0.2, 0) is 17.5 Å². The average Bonchev–Trinajstić information content (AvgIpc) is 2.28. The second-order valence-electron chi connectivity index (χ2n) is 5.72. The zero-order chi connectivity index (χ0) is 15.4. The first-order valence-electron chi connectivity index (χ1n) is 6.36. The summed E-state index contributed by atoms with van der Waals surface area (Å²) in [4.78, 5) is 0. The second-order valence-corrected chi connectivity index (χ2v) is 6.65. The number of rotatable bonds is 7. The lowest BCUT2D eigenvalue weighted by atomic mass is 9.94. The number of hydrogen-bond donors (Lipinski definition) is 2. The van der Waals surface area contributed by atoms with Gasteiger partial charge in [-0.15, -0.1) is 0 Å². The molecule has 1 atom stereocenters. The van der Waals surface area contributed by atoms with Crippen molar-refractivity contribution in [3.8, 4) is 0 Å². The van der Waals surface area contributed by atoms with Crippen LogP contribution in [0, 0.1) is 6.92 Å². The van der Waals surface area contributed by atoms with Crippen molar-refractivity contribution < 1.29 is 17.5 Å². The predicted molar refractivity (Wildman–Crippen MR) is 77.5 cm³/mol. The van der Waals surface area contributed by atoms with Crippen molar-refractivity contribution in [3.63, 3.8) is 0 Å². The third kappa shape index (κ3) is 6.54. The van der Waals surface area contributed by atoms with Crippen LogP contribution in [0.5, 0.6) is 0 Å². The first-order chi connectivity index (χ1) is 9.10. The van der Waals surface area contributed by atoms with Crippen LogP contribution in [0.2, 0.25) is 0 Å². The van der Waals surface area contributed by atoms with Crippen molar-refractivity contribution >= 4 is 11.1 Å². The van der Waals surface area contributed by atoms with Gasteiger partial charge in [-0.2, -0.15) is 0 Å². The predicted octanol–water partition coefficient (Wildman–Crippen LogP) is 2.76. The smallest absolute Gasteiger partial charge is 0.273 e. The lowest BCUT2D eigenvalue weighted by molar-refractivity contribution is 0.0190. The summed E-state index contributed by atoms with van der Waals surface area (Å²) in [6.07, 6.45) is 0.603. The van der Waals surface area contributed by atoms with Crippen molar-refractivity contribution in [2.75, 3.05) is 12.3 Å². The summed E-state index contributed by atoms with van der Waals surface area (Å²) >= 11 is -2.49. The number of halogens is 2. The van der Waals surface area contributed by atoms with E-state index in [2.05, 4.69) is 5.32 Å². The number of benzene rings is 1. The SMILES string of the molecule is Cc1ccc(CC(C)(C)NCC(F)(F)CS(=O)O)cc1. The molecule has 0 heterocycles. The molecule has 0 radical (unpaired) electrons. The number of nitrogens with one attached hydrogen (secondary N) is 1. The van der Waals surface area contributed by atoms with Gasteiger partial charge in [0.25, 0.3) is 5.92 Å². The second kappa shape index (κ2) is 6.74. The first kappa shape index (κ1) is 17.2. The van der Waals surface area contributed by atoms with Crippen LogP contribution in [0.1, 0.15) is 25.0 Å². The highest BCUT2D eigenvalue weighted by Gasteiger charge is 2.33. The molecule has 0 saturated heterocycles. The van der Waals surface area contributed by atoms with Gasteiger partial charge in [0.15, 0.2) is 11.1 Å². The Hall–Kier alpha value is -0.850. The van der Waals surface area contributed by atoms with E-state index in [1.807, 2.05) is 45.0 Å². The van der Waals surface area contributed by atoms with E-state index in [1.165, 1.54) is 0 Å². The highest BCUT2D eigenvalue weighted by molar-refractivity contribution is 7.79. The summed E-state index contributed by atoms with van der Waals surface area (Å²) in [5.41, 5.74) is 1.69. The molecular formula is C14H21F2NO2S. The van der Waals surface area contributed by atoms with E-state index < -0.39 is 34.8 Å². The van der Waals surface area contributed by atoms with Crippen molar-refractivity contribution in [1.82, 2.24) is 5.32 Å². The Balaban J connectivity index is 2.56. The molecule has 1 aromatic rings. The molecule has 0 amide bonds. The minimum Gasteiger partial charge on any atom is -0.306 e. The Bertz CT molecular complexity index is 461. The summed E-state index contributed by atoms with van der Waals surface area (Å²) in [5.74, 6) is -4.23. The molecule has 0 aromatic heterocycles. The van der Waals surface area contributed by atoms with Gasteiger partial charge in [-0.3, -0.25) is 0 Å².